The molecule has 0 radical (unpaired) electrons. The van der Waals surface area contributed by atoms with E-state index in [1.807, 2.05) is 0 Å². The zero-order valence-electron chi connectivity index (χ0n) is 13.2. The topological polar surface area (TPSA) is 0 Å². The molecule has 3 aromatic rings. The summed E-state index contributed by atoms with van der Waals surface area (Å²) >= 11 is 3.67. The molecule has 0 nitrogen and oxygen atoms in total. The van der Waals surface area contributed by atoms with E-state index < -0.39 is 0 Å². The summed E-state index contributed by atoms with van der Waals surface area (Å²) in [5.74, 6) is 0. The van der Waals surface area contributed by atoms with E-state index in [0.717, 1.165) is 4.47 Å². The number of rotatable bonds is 2. The molecular formula is C21H19Br. The van der Waals surface area contributed by atoms with Gasteiger partial charge in [-0.2, -0.15) is 0 Å². The van der Waals surface area contributed by atoms with Crippen LogP contribution in [0.2, 0.25) is 0 Å². The first-order valence-electron chi connectivity index (χ1n) is 7.49. The van der Waals surface area contributed by atoms with Crippen LogP contribution in [0.15, 0.2) is 65.1 Å². The molecule has 1 heteroatoms. The number of halogens is 1. The van der Waals surface area contributed by atoms with Crippen molar-refractivity contribution in [1.82, 2.24) is 0 Å². The Balaban J connectivity index is 2.03. The lowest BCUT2D eigenvalue weighted by Crippen LogP contribution is -1.86. The number of hydrogen-bond donors (Lipinski definition) is 0. The van der Waals surface area contributed by atoms with Crippen molar-refractivity contribution in [2.75, 3.05) is 0 Å². The maximum Gasteiger partial charge on any atom is 0.0256 e. The molecule has 3 rings (SSSR count). The molecule has 0 aromatic heterocycles. The molecule has 110 valence electrons. The van der Waals surface area contributed by atoms with Crippen LogP contribution < -0.4 is 0 Å². The quantitative estimate of drug-likeness (QED) is 0.481. The smallest absolute Gasteiger partial charge is 0.0256 e. The van der Waals surface area contributed by atoms with E-state index in [9.17, 15) is 0 Å². The summed E-state index contributed by atoms with van der Waals surface area (Å²) in [6.07, 6.45) is 0. The summed E-state index contributed by atoms with van der Waals surface area (Å²) in [6, 6.07) is 21.9. The SMILES string of the molecule is Cc1cc(C)cc(-c2ccc(-c3c(C)cccc3Br)cc2)c1. The minimum absolute atomic E-state index is 1.15. The predicted molar refractivity (Wildman–Crippen MR) is 99.2 cm³/mol. The summed E-state index contributed by atoms with van der Waals surface area (Å²) in [6.45, 7) is 6.45. The van der Waals surface area contributed by atoms with Crippen molar-refractivity contribution in [2.45, 2.75) is 20.8 Å². The molecule has 0 spiro atoms. The summed E-state index contributed by atoms with van der Waals surface area (Å²) in [4.78, 5) is 0. The number of aryl methyl sites for hydroxylation is 3. The van der Waals surface area contributed by atoms with Gasteiger partial charge in [-0.15, -0.1) is 0 Å². The maximum atomic E-state index is 3.67. The van der Waals surface area contributed by atoms with E-state index in [4.69, 9.17) is 0 Å². The van der Waals surface area contributed by atoms with E-state index in [-0.39, 0.29) is 0 Å². The molecule has 0 bridgehead atoms. The molecule has 0 aliphatic rings. The van der Waals surface area contributed by atoms with Gasteiger partial charge in [-0.05, 0) is 54.7 Å². The van der Waals surface area contributed by atoms with Gasteiger partial charge in [-0.1, -0.05) is 81.7 Å². The average Bonchev–Trinajstić information content (AvgIpc) is 2.47. The van der Waals surface area contributed by atoms with E-state index in [1.54, 1.807) is 0 Å². The van der Waals surface area contributed by atoms with Crippen molar-refractivity contribution in [2.24, 2.45) is 0 Å². The normalized spacial score (nSPS) is 10.7. The Bertz CT molecular complexity index is 773. The highest BCUT2D eigenvalue weighted by atomic mass is 79.9. The Kier molecular flexibility index (Phi) is 4.17. The molecular weight excluding hydrogens is 332 g/mol. The van der Waals surface area contributed by atoms with Crippen LogP contribution in [-0.4, -0.2) is 0 Å². The summed E-state index contributed by atoms with van der Waals surface area (Å²) in [7, 11) is 0. The monoisotopic (exact) mass is 350 g/mol. The van der Waals surface area contributed by atoms with Gasteiger partial charge >= 0.3 is 0 Å². The number of hydrogen-bond acceptors (Lipinski definition) is 0. The van der Waals surface area contributed by atoms with Crippen molar-refractivity contribution in [1.29, 1.82) is 0 Å². The third-order valence-electron chi connectivity index (χ3n) is 3.95. The van der Waals surface area contributed by atoms with E-state index in [0.29, 0.717) is 0 Å². The fraction of sp³-hybridized carbons (Fsp3) is 0.143. The zero-order chi connectivity index (χ0) is 15.7. The van der Waals surface area contributed by atoms with Crippen molar-refractivity contribution >= 4 is 15.9 Å². The van der Waals surface area contributed by atoms with Crippen LogP contribution in [0.4, 0.5) is 0 Å². The lowest BCUT2D eigenvalue weighted by molar-refractivity contribution is 1.38. The van der Waals surface area contributed by atoms with Crippen molar-refractivity contribution in [3.8, 4) is 22.3 Å². The maximum absolute atomic E-state index is 3.67. The Morgan fingerprint density at radius 2 is 1.23 bits per heavy atom. The van der Waals surface area contributed by atoms with Gasteiger partial charge in [0.25, 0.3) is 0 Å². The molecule has 0 N–H and O–H groups in total. The van der Waals surface area contributed by atoms with Gasteiger partial charge in [0.2, 0.25) is 0 Å². The third-order valence-corrected chi connectivity index (χ3v) is 4.61. The molecule has 0 atom stereocenters. The predicted octanol–water partition coefficient (Wildman–Crippen LogP) is 6.71. The summed E-state index contributed by atoms with van der Waals surface area (Å²) in [5, 5.41) is 0. The van der Waals surface area contributed by atoms with E-state index in [1.165, 1.54) is 38.9 Å². The second-order valence-corrected chi connectivity index (χ2v) is 6.74. The molecule has 0 aliphatic carbocycles. The molecule has 0 saturated heterocycles. The molecule has 0 unspecified atom stereocenters. The first kappa shape index (κ1) is 15.1. The van der Waals surface area contributed by atoms with Crippen molar-refractivity contribution in [3.05, 3.63) is 81.8 Å². The minimum atomic E-state index is 1.15. The fourth-order valence-corrected chi connectivity index (χ4v) is 3.66. The zero-order valence-corrected chi connectivity index (χ0v) is 14.7. The standard InChI is InChI=1S/C21H19Br/c1-14-11-15(2)13-19(12-14)17-7-9-18(10-8-17)21-16(3)5-4-6-20(21)22/h4-13H,1-3H3. The minimum Gasteiger partial charge on any atom is -0.0608 e. The molecule has 0 fully saturated rings. The molecule has 22 heavy (non-hydrogen) atoms. The van der Waals surface area contributed by atoms with Gasteiger partial charge in [0.1, 0.15) is 0 Å². The van der Waals surface area contributed by atoms with Crippen molar-refractivity contribution < 1.29 is 0 Å². The van der Waals surface area contributed by atoms with Crippen LogP contribution in [0.5, 0.6) is 0 Å². The highest BCUT2D eigenvalue weighted by molar-refractivity contribution is 9.10. The Morgan fingerprint density at radius 3 is 1.82 bits per heavy atom. The first-order valence-corrected chi connectivity index (χ1v) is 8.28. The fourth-order valence-electron chi connectivity index (χ4n) is 2.97. The van der Waals surface area contributed by atoms with E-state index in [2.05, 4.69) is 97.4 Å². The summed E-state index contributed by atoms with van der Waals surface area (Å²) in [5.41, 5.74) is 8.97. The second kappa shape index (κ2) is 6.10. The van der Waals surface area contributed by atoms with Crippen LogP contribution in [-0.2, 0) is 0 Å². The highest BCUT2D eigenvalue weighted by Crippen LogP contribution is 2.33. The molecule has 0 amide bonds. The summed E-state index contributed by atoms with van der Waals surface area (Å²) < 4.78 is 1.15. The highest BCUT2D eigenvalue weighted by Gasteiger charge is 2.07. The largest absolute Gasteiger partial charge is 0.0608 e. The van der Waals surface area contributed by atoms with Gasteiger partial charge in [0.05, 0.1) is 0 Å². The van der Waals surface area contributed by atoms with Crippen LogP contribution in [0, 0.1) is 20.8 Å². The second-order valence-electron chi connectivity index (χ2n) is 5.89. The molecule has 0 aliphatic heterocycles. The van der Waals surface area contributed by atoms with E-state index >= 15 is 0 Å². The molecule has 3 aromatic carbocycles. The van der Waals surface area contributed by atoms with Gasteiger partial charge < -0.3 is 0 Å². The van der Waals surface area contributed by atoms with Gasteiger partial charge in [-0.3, -0.25) is 0 Å². The molecule has 0 heterocycles. The number of benzene rings is 3. The van der Waals surface area contributed by atoms with Crippen LogP contribution in [0.3, 0.4) is 0 Å². The van der Waals surface area contributed by atoms with Gasteiger partial charge in [0, 0.05) is 4.47 Å². The van der Waals surface area contributed by atoms with Crippen LogP contribution in [0.25, 0.3) is 22.3 Å². The van der Waals surface area contributed by atoms with Crippen LogP contribution in [0.1, 0.15) is 16.7 Å². The Hall–Kier alpha value is -1.86. The van der Waals surface area contributed by atoms with Crippen molar-refractivity contribution in [3.63, 3.8) is 0 Å². The lowest BCUT2D eigenvalue weighted by Gasteiger charge is -2.10. The molecule has 0 saturated carbocycles. The first-order chi connectivity index (χ1) is 10.5. The average molecular weight is 351 g/mol. The third kappa shape index (κ3) is 3.00. The lowest BCUT2D eigenvalue weighted by atomic mass is 9.96. The Labute approximate surface area is 141 Å². The van der Waals surface area contributed by atoms with Crippen LogP contribution >= 0.6 is 15.9 Å². The Morgan fingerprint density at radius 1 is 0.636 bits per heavy atom. The van der Waals surface area contributed by atoms with Gasteiger partial charge in [0.15, 0.2) is 0 Å². The van der Waals surface area contributed by atoms with Gasteiger partial charge in [-0.25, -0.2) is 0 Å².